The number of para-hydroxylation sites is 1. The van der Waals surface area contributed by atoms with Crippen LogP contribution in [0.1, 0.15) is 35.9 Å². The van der Waals surface area contributed by atoms with E-state index in [0.29, 0.717) is 17.7 Å². The minimum absolute atomic E-state index is 0.0875. The standard InChI is InChI=1S/C19H21N3O4/c1-12(11-13-5-4-10-26-13)20-17(23)9-8-16-19(25)21-15-7-3-2-6-14(15)18(24)22-16/h2-7,10,12,16H,8-9,11H2,1H3,(H,20,23)(H,21,25)(H,22,24)/t12-,16-/m1/s1. The fourth-order valence-corrected chi connectivity index (χ4v) is 2.92. The van der Waals surface area contributed by atoms with Crippen LogP contribution in [0.3, 0.4) is 0 Å². The van der Waals surface area contributed by atoms with Crippen LogP contribution in [-0.2, 0) is 16.0 Å². The van der Waals surface area contributed by atoms with E-state index in [0.717, 1.165) is 5.76 Å². The molecular formula is C19H21N3O4. The number of amides is 3. The lowest BCUT2D eigenvalue weighted by Crippen LogP contribution is -2.42. The number of anilines is 1. The van der Waals surface area contributed by atoms with Crippen LogP contribution in [0.15, 0.2) is 47.1 Å². The number of hydrogen-bond donors (Lipinski definition) is 3. The normalized spacial score (nSPS) is 17.5. The molecule has 0 aliphatic carbocycles. The number of carbonyl (C=O) groups is 3. The van der Waals surface area contributed by atoms with Gasteiger partial charge in [0, 0.05) is 18.9 Å². The largest absolute Gasteiger partial charge is 0.469 e. The number of fused-ring (bicyclic) bond motifs is 1. The van der Waals surface area contributed by atoms with Gasteiger partial charge in [-0.05, 0) is 37.6 Å². The molecule has 0 unspecified atom stereocenters. The highest BCUT2D eigenvalue weighted by molar-refractivity contribution is 6.09. The molecule has 2 atom stereocenters. The zero-order valence-electron chi connectivity index (χ0n) is 14.5. The summed E-state index contributed by atoms with van der Waals surface area (Å²) in [6.45, 7) is 1.89. The predicted molar refractivity (Wildman–Crippen MR) is 95.6 cm³/mol. The Labute approximate surface area is 151 Å². The third kappa shape index (κ3) is 4.30. The summed E-state index contributed by atoms with van der Waals surface area (Å²) >= 11 is 0. The molecule has 136 valence electrons. The minimum Gasteiger partial charge on any atom is -0.469 e. The van der Waals surface area contributed by atoms with Crippen molar-refractivity contribution in [3.8, 4) is 0 Å². The minimum atomic E-state index is -0.749. The average molecular weight is 355 g/mol. The van der Waals surface area contributed by atoms with Gasteiger partial charge < -0.3 is 20.4 Å². The van der Waals surface area contributed by atoms with Gasteiger partial charge >= 0.3 is 0 Å². The van der Waals surface area contributed by atoms with Crippen LogP contribution >= 0.6 is 0 Å². The van der Waals surface area contributed by atoms with E-state index in [4.69, 9.17) is 4.42 Å². The van der Waals surface area contributed by atoms with E-state index >= 15 is 0 Å². The summed E-state index contributed by atoms with van der Waals surface area (Å²) in [5, 5.41) is 8.29. The van der Waals surface area contributed by atoms with Crippen molar-refractivity contribution in [2.45, 2.75) is 38.3 Å². The van der Waals surface area contributed by atoms with Crippen molar-refractivity contribution in [2.75, 3.05) is 5.32 Å². The van der Waals surface area contributed by atoms with Crippen molar-refractivity contribution in [1.29, 1.82) is 0 Å². The number of hydrogen-bond acceptors (Lipinski definition) is 4. The Kier molecular flexibility index (Phi) is 5.36. The number of nitrogens with one attached hydrogen (secondary N) is 3. The Balaban J connectivity index is 1.52. The highest BCUT2D eigenvalue weighted by atomic mass is 16.3. The average Bonchev–Trinajstić information content (AvgIpc) is 3.07. The summed E-state index contributed by atoms with van der Waals surface area (Å²) in [5.41, 5.74) is 0.897. The van der Waals surface area contributed by atoms with E-state index in [1.807, 2.05) is 13.0 Å². The van der Waals surface area contributed by atoms with Gasteiger partial charge in [-0.3, -0.25) is 14.4 Å². The fraction of sp³-hybridized carbons (Fsp3) is 0.316. The lowest BCUT2D eigenvalue weighted by Gasteiger charge is -2.16. The van der Waals surface area contributed by atoms with Crippen molar-refractivity contribution in [3.05, 3.63) is 54.0 Å². The monoisotopic (exact) mass is 355 g/mol. The van der Waals surface area contributed by atoms with Gasteiger partial charge in [-0.25, -0.2) is 0 Å². The third-order valence-electron chi connectivity index (χ3n) is 4.21. The van der Waals surface area contributed by atoms with Gasteiger partial charge in [-0.1, -0.05) is 12.1 Å². The van der Waals surface area contributed by atoms with Crippen molar-refractivity contribution < 1.29 is 18.8 Å². The third-order valence-corrected chi connectivity index (χ3v) is 4.21. The summed E-state index contributed by atoms with van der Waals surface area (Å²) in [6, 6.07) is 9.63. The zero-order chi connectivity index (χ0) is 18.5. The second-order valence-electron chi connectivity index (χ2n) is 6.35. The molecule has 0 saturated heterocycles. The first kappa shape index (κ1) is 17.7. The first-order valence-corrected chi connectivity index (χ1v) is 8.55. The zero-order valence-corrected chi connectivity index (χ0v) is 14.5. The topological polar surface area (TPSA) is 100 Å². The lowest BCUT2D eigenvalue weighted by atomic mass is 10.1. The molecule has 1 aliphatic rings. The summed E-state index contributed by atoms with van der Waals surface area (Å²) in [5.74, 6) is -0.0193. The van der Waals surface area contributed by atoms with Crippen molar-refractivity contribution in [2.24, 2.45) is 0 Å². The van der Waals surface area contributed by atoms with Crippen LogP contribution in [0, 0.1) is 0 Å². The van der Waals surface area contributed by atoms with Gasteiger partial charge in [0.2, 0.25) is 11.8 Å². The molecule has 2 heterocycles. The molecule has 0 spiro atoms. The lowest BCUT2D eigenvalue weighted by molar-refractivity contribution is -0.122. The van der Waals surface area contributed by atoms with Crippen molar-refractivity contribution in [3.63, 3.8) is 0 Å². The van der Waals surface area contributed by atoms with Gasteiger partial charge in [-0.15, -0.1) is 0 Å². The van der Waals surface area contributed by atoms with Crippen LogP contribution in [-0.4, -0.2) is 29.8 Å². The first-order valence-electron chi connectivity index (χ1n) is 8.55. The molecule has 7 heteroatoms. The summed E-state index contributed by atoms with van der Waals surface area (Å²) in [7, 11) is 0. The van der Waals surface area contributed by atoms with E-state index in [1.165, 1.54) is 0 Å². The summed E-state index contributed by atoms with van der Waals surface area (Å²) in [4.78, 5) is 36.7. The maximum Gasteiger partial charge on any atom is 0.254 e. The second kappa shape index (κ2) is 7.86. The molecule has 0 radical (unpaired) electrons. The van der Waals surface area contributed by atoms with Crippen molar-refractivity contribution >= 4 is 23.4 Å². The molecule has 0 saturated carbocycles. The molecule has 7 nitrogen and oxygen atoms in total. The molecule has 3 N–H and O–H groups in total. The molecular weight excluding hydrogens is 334 g/mol. The van der Waals surface area contributed by atoms with E-state index in [9.17, 15) is 14.4 Å². The quantitative estimate of drug-likeness (QED) is 0.736. The number of furan rings is 1. The van der Waals surface area contributed by atoms with E-state index in [-0.39, 0.29) is 36.6 Å². The Morgan fingerprint density at radius 2 is 2.04 bits per heavy atom. The number of benzene rings is 1. The SMILES string of the molecule is C[C@H](Cc1ccco1)NC(=O)CC[C@H]1NC(=O)c2ccccc2NC1=O. The van der Waals surface area contributed by atoms with E-state index in [2.05, 4.69) is 16.0 Å². The maximum atomic E-state index is 12.3. The van der Waals surface area contributed by atoms with Gasteiger partial charge in [-0.2, -0.15) is 0 Å². The predicted octanol–water partition coefficient (Wildman–Crippen LogP) is 1.86. The Morgan fingerprint density at radius 1 is 1.23 bits per heavy atom. The van der Waals surface area contributed by atoms with E-state index < -0.39 is 6.04 Å². The maximum absolute atomic E-state index is 12.3. The van der Waals surface area contributed by atoms with Gasteiger partial charge in [0.25, 0.3) is 5.91 Å². The van der Waals surface area contributed by atoms with E-state index in [1.54, 1.807) is 36.6 Å². The van der Waals surface area contributed by atoms with Crippen LogP contribution in [0.2, 0.25) is 0 Å². The summed E-state index contributed by atoms with van der Waals surface area (Å²) in [6.07, 6.45) is 2.55. The Morgan fingerprint density at radius 3 is 2.81 bits per heavy atom. The highest BCUT2D eigenvalue weighted by Gasteiger charge is 2.27. The summed E-state index contributed by atoms with van der Waals surface area (Å²) < 4.78 is 5.26. The Bertz CT molecular complexity index is 801. The fourth-order valence-electron chi connectivity index (χ4n) is 2.92. The smallest absolute Gasteiger partial charge is 0.254 e. The first-order chi connectivity index (χ1) is 12.5. The van der Waals surface area contributed by atoms with Crippen molar-refractivity contribution in [1.82, 2.24) is 10.6 Å². The molecule has 1 aromatic heterocycles. The molecule has 0 fully saturated rings. The molecule has 0 bridgehead atoms. The van der Waals surface area contributed by atoms with Gasteiger partial charge in [0.05, 0.1) is 17.5 Å². The molecule has 3 amide bonds. The molecule has 1 aliphatic heterocycles. The number of carbonyl (C=O) groups excluding carboxylic acids is 3. The van der Waals surface area contributed by atoms with Gasteiger partial charge in [0.15, 0.2) is 0 Å². The van der Waals surface area contributed by atoms with Crippen LogP contribution < -0.4 is 16.0 Å². The van der Waals surface area contributed by atoms with Gasteiger partial charge in [0.1, 0.15) is 11.8 Å². The highest BCUT2D eigenvalue weighted by Crippen LogP contribution is 2.19. The molecule has 3 rings (SSSR count). The second-order valence-corrected chi connectivity index (χ2v) is 6.35. The van der Waals surface area contributed by atoms with Crippen LogP contribution in [0.25, 0.3) is 0 Å². The molecule has 1 aromatic carbocycles. The number of rotatable bonds is 6. The Hall–Kier alpha value is -3.09. The van der Waals surface area contributed by atoms with Crippen LogP contribution in [0.4, 0.5) is 5.69 Å². The van der Waals surface area contributed by atoms with Crippen LogP contribution in [0.5, 0.6) is 0 Å². The molecule has 26 heavy (non-hydrogen) atoms. The molecule has 2 aromatic rings.